The van der Waals surface area contributed by atoms with Crippen molar-refractivity contribution in [3.63, 3.8) is 0 Å². The van der Waals surface area contributed by atoms with Gasteiger partial charge in [0, 0.05) is 18.6 Å². The van der Waals surface area contributed by atoms with Gasteiger partial charge in [-0.25, -0.2) is 0 Å². The third-order valence-electron chi connectivity index (χ3n) is 3.22. The van der Waals surface area contributed by atoms with E-state index < -0.39 is 0 Å². The van der Waals surface area contributed by atoms with E-state index in [1.54, 1.807) is 0 Å². The van der Waals surface area contributed by atoms with E-state index in [2.05, 4.69) is 29.1 Å². The van der Waals surface area contributed by atoms with Crippen LogP contribution in [0, 0.1) is 5.92 Å². The first-order valence-corrected chi connectivity index (χ1v) is 5.87. The molecule has 16 heavy (non-hydrogen) atoms. The molecule has 2 heterocycles. The molecule has 90 valence electrons. The minimum Gasteiger partial charge on any atom is -0.466 e. The fourth-order valence-electron chi connectivity index (χ4n) is 2.30. The Kier molecular flexibility index (Phi) is 3.03. The number of esters is 1. The van der Waals surface area contributed by atoms with Crippen molar-refractivity contribution in [2.75, 3.05) is 19.7 Å². The van der Waals surface area contributed by atoms with Gasteiger partial charge in [0.05, 0.1) is 19.1 Å². The Labute approximate surface area is 95.9 Å². The Morgan fingerprint density at radius 3 is 3.06 bits per heavy atom. The molecule has 0 aromatic carbocycles. The van der Waals surface area contributed by atoms with Crippen molar-refractivity contribution in [3.05, 3.63) is 0 Å². The molecule has 2 aliphatic rings. The smallest absolute Gasteiger partial charge is 0.312 e. The Morgan fingerprint density at radius 2 is 2.38 bits per heavy atom. The van der Waals surface area contributed by atoms with E-state index in [4.69, 9.17) is 4.74 Å². The first kappa shape index (κ1) is 11.2. The Balaban J connectivity index is 2.08. The van der Waals surface area contributed by atoms with Gasteiger partial charge in [-0.3, -0.25) is 9.79 Å². The van der Waals surface area contributed by atoms with Crippen molar-refractivity contribution in [1.29, 1.82) is 0 Å². The van der Waals surface area contributed by atoms with E-state index in [1.807, 2.05) is 6.92 Å². The molecule has 0 aliphatic carbocycles. The fourth-order valence-corrected chi connectivity index (χ4v) is 2.30. The number of hydrogen-bond acceptors (Lipinski definition) is 5. The third-order valence-corrected chi connectivity index (χ3v) is 3.22. The summed E-state index contributed by atoms with van der Waals surface area (Å²) < 4.78 is 5.07. The normalized spacial score (nSPS) is 32.8. The van der Waals surface area contributed by atoms with E-state index in [1.165, 1.54) is 0 Å². The van der Waals surface area contributed by atoms with Crippen LogP contribution in [0.5, 0.6) is 0 Å². The first-order valence-electron chi connectivity index (χ1n) is 5.87. The molecule has 2 rings (SSSR count). The molecule has 0 radical (unpaired) electrons. The molecule has 1 saturated heterocycles. The molecule has 5 heteroatoms. The Hall–Kier alpha value is -1.26. The number of ether oxygens (including phenoxy) is 1. The molecule has 0 amide bonds. The summed E-state index contributed by atoms with van der Waals surface area (Å²) in [6.45, 7) is 7.90. The van der Waals surface area contributed by atoms with Gasteiger partial charge in [0.1, 0.15) is 0 Å². The standard InChI is InChI=1S/C11H19N3O2/c1-4-16-10(15)9-5-12-11-13-7(2)6-14(11)8(9)3/h7-9H,4-6H2,1-3H3,(H,12,13). The lowest BCUT2D eigenvalue weighted by Crippen LogP contribution is -2.49. The van der Waals surface area contributed by atoms with Gasteiger partial charge in [0.2, 0.25) is 0 Å². The average Bonchev–Trinajstić information content (AvgIpc) is 2.60. The zero-order valence-corrected chi connectivity index (χ0v) is 10.1. The molecule has 1 N–H and O–H groups in total. The second-order valence-electron chi connectivity index (χ2n) is 4.46. The summed E-state index contributed by atoms with van der Waals surface area (Å²) in [6.07, 6.45) is 0. The Bertz CT molecular complexity index is 316. The summed E-state index contributed by atoms with van der Waals surface area (Å²) in [5, 5.41) is 3.30. The number of rotatable bonds is 2. The molecule has 0 aromatic heterocycles. The first-order chi connectivity index (χ1) is 7.63. The molecule has 0 bridgehead atoms. The largest absolute Gasteiger partial charge is 0.466 e. The minimum absolute atomic E-state index is 0.127. The highest BCUT2D eigenvalue weighted by atomic mass is 16.5. The van der Waals surface area contributed by atoms with Gasteiger partial charge in [0.15, 0.2) is 5.96 Å². The number of aliphatic imine (C=N–C) groups is 1. The van der Waals surface area contributed by atoms with Crippen molar-refractivity contribution in [3.8, 4) is 0 Å². The van der Waals surface area contributed by atoms with E-state index in [9.17, 15) is 4.79 Å². The highest BCUT2D eigenvalue weighted by Crippen LogP contribution is 2.22. The third kappa shape index (κ3) is 1.86. The van der Waals surface area contributed by atoms with Crippen molar-refractivity contribution < 1.29 is 9.53 Å². The molecule has 2 aliphatic heterocycles. The molecule has 0 aromatic rings. The zero-order chi connectivity index (χ0) is 11.7. The predicted octanol–water partition coefficient (Wildman–Crippen LogP) is 0.218. The highest BCUT2D eigenvalue weighted by molar-refractivity contribution is 5.85. The Morgan fingerprint density at radius 1 is 1.62 bits per heavy atom. The van der Waals surface area contributed by atoms with Crippen LogP contribution in [0.25, 0.3) is 0 Å². The molecule has 3 unspecified atom stereocenters. The molecular weight excluding hydrogens is 206 g/mol. The average molecular weight is 225 g/mol. The lowest BCUT2D eigenvalue weighted by molar-refractivity contribution is -0.149. The SMILES string of the molecule is CCOC(=O)C1CN=C2NC(C)CN2C1C. The number of nitrogens with zero attached hydrogens (tertiary/aromatic N) is 2. The summed E-state index contributed by atoms with van der Waals surface area (Å²) in [7, 11) is 0. The van der Waals surface area contributed by atoms with Crippen LogP contribution in [-0.2, 0) is 9.53 Å². The summed E-state index contributed by atoms with van der Waals surface area (Å²) in [4.78, 5) is 18.3. The van der Waals surface area contributed by atoms with Crippen molar-refractivity contribution in [2.45, 2.75) is 32.9 Å². The number of fused-ring (bicyclic) bond motifs is 1. The van der Waals surface area contributed by atoms with Gasteiger partial charge in [-0.1, -0.05) is 0 Å². The fraction of sp³-hybridized carbons (Fsp3) is 0.818. The number of carbonyl (C=O) groups excluding carboxylic acids is 1. The number of carbonyl (C=O) groups is 1. The quantitative estimate of drug-likeness (QED) is 0.683. The van der Waals surface area contributed by atoms with Crippen molar-refractivity contribution in [1.82, 2.24) is 10.2 Å². The van der Waals surface area contributed by atoms with Crippen LogP contribution in [0.15, 0.2) is 4.99 Å². The lowest BCUT2D eigenvalue weighted by Gasteiger charge is -2.34. The van der Waals surface area contributed by atoms with E-state index in [0.29, 0.717) is 19.2 Å². The minimum atomic E-state index is -0.129. The van der Waals surface area contributed by atoms with Crippen molar-refractivity contribution >= 4 is 11.9 Å². The number of nitrogens with one attached hydrogen (secondary N) is 1. The molecular formula is C11H19N3O2. The maximum Gasteiger partial charge on any atom is 0.312 e. The van der Waals surface area contributed by atoms with Crippen LogP contribution in [0.1, 0.15) is 20.8 Å². The van der Waals surface area contributed by atoms with Gasteiger partial charge < -0.3 is 15.0 Å². The van der Waals surface area contributed by atoms with E-state index in [0.717, 1.165) is 12.5 Å². The predicted molar refractivity (Wildman–Crippen MR) is 61.2 cm³/mol. The van der Waals surface area contributed by atoms with Gasteiger partial charge in [-0.15, -0.1) is 0 Å². The maximum atomic E-state index is 11.7. The summed E-state index contributed by atoms with van der Waals surface area (Å²) >= 11 is 0. The lowest BCUT2D eigenvalue weighted by atomic mass is 9.99. The summed E-state index contributed by atoms with van der Waals surface area (Å²) in [6, 6.07) is 0.575. The molecule has 0 spiro atoms. The number of hydrogen-bond donors (Lipinski definition) is 1. The van der Waals surface area contributed by atoms with Crippen LogP contribution < -0.4 is 5.32 Å². The summed E-state index contributed by atoms with van der Waals surface area (Å²) in [5.41, 5.74) is 0. The van der Waals surface area contributed by atoms with Crippen LogP contribution in [0.3, 0.4) is 0 Å². The van der Waals surface area contributed by atoms with Crippen LogP contribution in [0.4, 0.5) is 0 Å². The zero-order valence-electron chi connectivity index (χ0n) is 10.1. The van der Waals surface area contributed by atoms with Crippen LogP contribution >= 0.6 is 0 Å². The maximum absolute atomic E-state index is 11.7. The van der Waals surface area contributed by atoms with Crippen LogP contribution in [0.2, 0.25) is 0 Å². The monoisotopic (exact) mass is 225 g/mol. The van der Waals surface area contributed by atoms with Gasteiger partial charge in [-0.2, -0.15) is 0 Å². The van der Waals surface area contributed by atoms with Crippen LogP contribution in [-0.4, -0.2) is 48.6 Å². The molecule has 3 atom stereocenters. The van der Waals surface area contributed by atoms with Gasteiger partial charge in [0.25, 0.3) is 0 Å². The van der Waals surface area contributed by atoms with Crippen molar-refractivity contribution in [2.24, 2.45) is 10.9 Å². The molecule has 1 fully saturated rings. The van der Waals surface area contributed by atoms with E-state index in [-0.39, 0.29) is 17.9 Å². The molecule has 5 nitrogen and oxygen atoms in total. The second kappa shape index (κ2) is 4.31. The van der Waals surface area contributed by atoms with E-state index >= 15 is 0 Å². The topological polar surface area (TPSA) is 53.9 Å². The van der Waals surface area contributed by atoms with Gasteiger partial charge in [-0.05, 0) is 20.8 Å². The second-order valence-corrected chi connectivity index (χ2v) is 4.46. The van der Waals surface area contributed by atoms with Gasteiger partial charge >= 0.3 is 5.97 Å². The summed E-state index contributed by atoms with van der Waals surface area (Å²) in [5.74, 6) is 0.675. The number of guanidine groups is 1. The molecule has 0 saturated carbocycles. The highest BCUT2D eigenvalue weighted by Gasteiger charge is 2.39.